The molecule has 0 amide bonds. The first-order valence-electron chi connectivity index (χ1n) is 16.8. The molecule has 1 radical (unpaired) electrons. The van der Waals surface area contributed by atoms with E-state index in [-0.39, 0.29) is 37.7 Å². The molecular weight excluding hydrogens is 703 g/mol. The first-order chi connectivity index (χ1) is 20.5. The summed E-state index contributed by atoms with van der Waals surface area (Å²) in [4.78, 5) is 5.79. The van der Waals surface area contributed by atoms with Crippen LogP contribution in [0.2, 0.25) is 0 Å². The number of dihydropyridines is 1. The summed E-state index contributed by atoms with van der Waals surface area (Å²) in [6.07, 6.45) is 19.1. The van der Waals surface area contributed by atoms with Gasteiger partial charge in [0.05, 0.1) is 0 Å². The summed E-state index contributed by atoms with van der Waals surface area (Å²) < 4.78 is 29.1. The van der Waals surface area contributed by atoms with E-state index in [1.807, 2.05) is 17.8 Å². The van der Waals surface area contributed by atoms with E-state index in [4.69, 9.17) is 14.2 Å². The smallest absolute Gasteiger partial charge is 0.181 e. The van der Waals surface area contributed by atoms with Gasteiger partial charge in [0.25, 0.3) is 0 Å². The van der Waals surface area contributed by atoms with Crippen LogP contribution in [-0.2, 0) is 24.8 Å². The molecule has 0 aromatic heterocycles. The van der Waals surface area contributed by atoms with Crippen molar-refractivity contribution in [2.24, 2.45) is 40.5 Å². The van der Waals surface area contributed by atoms with Crippen LogP contribution in [0.5, 0.6) is 0 Å². The molecule has 0 aromatic rings. The van der Waals surface area contributed by atoms with Crippen molar-refractivity contribution in [3.8, 4) is 0 Å². The van der Waals surface area contributed by atoms with Gasteiger partial charge in [0.1, 0.15) is 0 Å². The van der Waals surface area contributed by atoms with Crippen LogP contribution in [-0.4, -0.2) is 30.3 Å². The van der Waals surface area contributed by atoms with E-state index in [2.05, 4.69) is 69.6 Å². The molecule has 7 aliphatic rings. The van der Waals surface area contributed by atoms with Crippen LogP contribution in [0, 0.1) is 48.0 Å². The van der Waals surface area contributed by atoms with Crippen molar-refractivity contribution in [2.75, 3.05) is 13.1 Å². The number of hydrogen-bond acceptors (Lipinski definition) is 3. The summed E-state index contributed by atoms with van der Waals surface area (Å²) in [6, 6.07) is 0. The van der Waals surface area contributed by atoms with E-state index in [1.165, 1.54) is 34.6 Å². The fraction of sp³-hybridized carbons (Fsp3) is 0.600. The molecule has 1 fully saturated rings. The van der Waals surface area contributed by atoms with Gasteiger partial charge in [0.15, 0.2) is 6.23 Å². The van der Waals surface area contributed by atoms with Gasteiger partial charge in [-0.25, -0.2) is 16.3 Å². The maximum absolute atomic E-state index is 7.63. The fourth-order valence-electron chi connectivity index (χ4n) is 6.62. The summed E-state index contributed by atoms with van der Waals surface area (Å²) in [7, 11) is 0. The standard InChI is InChI=1S/C21H24N2OS.C14H21N.Ir/c1-11-7-8-15-14-5-4-6-16(20(14)24-21(15)23-11)18-9-19-17(10-22-18)12(2)13(3)25-19;1-10-4-6-13(7-5-10)14-8-11(2)12(3)9-15-14;/h6-9,12-15,21H,4-5,10H2,1-3H3;8,10-12H,4-6,9H2,1-3H3;/q2*-2;/t12-,13+,14?,15?,21+;10-,11+,12-;/m11./s1/i1D3;;. The van der Waals surface area contributed by atoms with Crippen LogP contribution >= 0.6 is 11.8 Å². The van der Waals surface area contributed by atoms with Gasteiger partial charge in [-0.1, -0.05) is 83.8 Å². The second-order valence-corrected chi connectivity index (χ2v) is 14.1. The predicted molar refractivity (Wildman–Crippen MR) is 169 cm³/mol. The van der Waals surface area contributed by atoms with Gasteiger partial charge in [-0.3, -0.25) is 6.08 Å². The molecule has 2 unspecified atom stereocenters. The molecule has 4 nitrogen and oxygen atoms in total. The third-order valence-corrected chi connectivity index (χ3v) is 11.2. The minimum atomic E-state index is -2.20. The minimum absolute atomic E-state index is 0. The molecular formula is C35H45IrN3OS-4. The van der Waals surface area contributed by atoms with Gasteiger partial charge in [-0.2, -0.15) is 18.1 Å². The van der Waals surface area contributed by atoms with Crippen molar-refractivity contribution in [3.05, 3.63) is 86.2 Å². The van der Waals surface area contributed by atoms with E-state index in [0.29, 0.717) is 23.0 Å². The van der Waals surface area contributed by atoms with Gasteiger partial charge >= 0.3 is 0 Å². The van der Waals surface area contributed by atoms with Crippen molar-refractivity contribution >= 4 is 17.5 Å². The van der Waals surface area contributed by atoms with Gasteiger partial charge in [0, 0.05) is 41.1 Å². The minimum Gasteiger partial charge on any atom is -0.769 e. The van der Waals surface area contributed by atoms with Crippen LogP contribution in [0.25, 0.3) is 10.6 Å². The number of rotatable bonds is 2. The number of aliphatic imine (C=N–C) groups is 1. The monoisotopic (exact) mass is 751 g/mol. The average molecular weight is 751 g/mol. The Morgan fingerprint density at radius 3 is 2.76 bits per heavy atom. The number of fused-ring (bicyclic) bond motifs is 3. The number of ether oxygens (including phenoxy) is 1. The zero-order valence-corrected chi connectivity index (χ0v) is 28.2. The third kappa shape index (κ3) is 6.36. The molecule has 0 spiro atoms. The maximum Gasteiger partial charge on any atom is 0.181 e. The summed E-state index contributed by atoms with van der Waals surface area (Å²) in [5.41, 5.74) is 6.31. The molecule has 2 aliphatic carbocycles. The zero-order chi connectivity index (χ0) is 30.5. The first-order valence-corrected chi connectivity index (χ1v) is 16.2. The Hall–Kier alpha value is -1.62. The van der Waals surface area contributed by atoms with E-state index >= 15 is 0 Å². The van der Waals surface area contributed by atoms with Crippen molar-refractivity contribution in [1.29, 1.82) is 0 Å². The van der Waals surface area contributed by atoms with E-state index in [0.717, 1.165) is 55.3 Å². The molecule has 225 valence electrons. The van der Waals surface area contributed by atoms with Crippen LogP contribution < -0.4 is 0 Å². The molecule has 0 bridgehead atoms. The molecule has 41 heavy (non-hydrogen) atoms. The summed E-state index contributed by atoms with van der Waals surface area (Å²) in [5.74, 6) is 4.08. The quantitative estimate of drug-likeness (QED) is 0.265. The molecule has 0 aromatic carbocycles. The SMILES string of the molecule is C[C@H]1C[C-]=C(C2=C[C@H](C)[C@H](C)C[N-]2)CC1.[2H]C([2H])([2H])C1=N[C@H]2OC3=C(C4=CC5=C(C[N-]4)[C@H](C)[C@H](C)S5)[CH-]CCC3C2C=C1.[Ir]. The molecule has 5 heterocycles. The molecule has 8 atom stereocenters. The maximum atomic E-state index is 7.63. The number of nitrogens with zero attached hydrogens (tertiary/aromatic N) is 3. The topological polar surface area (TPSA) is 49.8 Å². The normalized spacial score (nSPS) is 38.5. The number of hydrogen-bond donors (Lipinski definition) is 0. The Labute approximate surface area is 270 Å². The van der Waals surface area contributed by atoms with E-state index in [9.17, 15) is 0 Å². The number of allylic oxidation sites excluding steroid dienone is 7. The Morgan fingerprint density at radius 1 is 1.15 bits per heavy atom. The van der Waals surface area contributed by atoms with Crippen molar-refractivity contribution in [1.82, 2.24) is 0 Å². The molecule has 0 saturated carbocycles. The molecule has 0 N–H and O–H groups in total. The van der Waals surface area contributed by atoms with Gasteiger partial charge < -0.3 is 21.1 Å². The van der Waals surface area contributed by atoms with Crippen LogP contribution in [0.15, 0.2) is 68.1 Å². The summed E-state index contributed by atoms with van der Waals surface area (Å²) in [6.45, 7) is 11.0. The first kappa shape index (κ1) is 27.0. The molecule has 6 heteroatoms. The van der Waals surface area contributed by atoms with Crippen molar-refractivity contribution in [2.45, 2.75) is 85.1 Å². The third-order valence-electron chi connectivity index (χ3n) is 9.79. The summed E-state index contributed by atoms with van der Waals surface area (Å²) in [5, 5.41) is 10.2. The van der Waals surface area contributed by atoms with Gasteiger partial charge in [-0.05, 0) is 41.3 Å². The Bertz CT molecular complexity index is 1340. The predicted octanol–water partition coefficient (Wildman–Crippen LogP) is 9.23. The van der Waals surface area contributed by atoms with Crippen molar-refractivity contribution < 1.29 is 29.0 Å². The van der Waals surface area contributed by atoms with E-state index < -0.39 is 13.1 Å². The number of thioether (sulfide) groups is 1. The van der Waals surface area contributed by atoms with Gasteiger partial charge in [-0.15, -0.1) is 37.3 Å². The van der Waals surface area contributed by atoms with Gasteiger partial charge in [0.2, 0.25) is 0 Å². The molecule has 7 rings (SSSR count). The van der Waals surface area contributed by atoms with Crippen LogP contribution in [0.3, 0.4) is 0 Å². The van der Waals surface area contributed by atoms with Crippen LogP contribution in [0.4, 0.5) is 0 Å². The molecule has 5 aliphatic heterocycles. The fourth-order valence-corrected chi connectivity index (χ4v) is 7.97. The molecule has 1 saturated heterocycles. The summed E-state index contributed by atoms with van der Waals surface area (Å²) >= 11 is 1.94. The Morgan fingerprint density at radius 2 is 2.00 bits per heavy atom. The average Bonchev–Trinajstić information content (AvgIpc) is 3.50. The second kappa shape index (κ2) is 12.9. The second-order valence-electron chi connectivity index (χ2n) is 12.7. The Balaban J connectivity index is 0.000000204. The largest absolute Gasteiger partial charge is 0.769 e. The van der Waals surface area contributed by atoms with Crippen LogP contribution in [0.1, 0.15) is 77.7 Å². The zero-order valence-electron chi connectivity index (χ0n) is 27.9. The van der Waals surface area contributed by atoms with Crippen molar-refractivity contribution in [3.63, 3.8) is 0 Å². The van der Waals surface area contributed by atoms with E-state index in [1.54, 1.807) is 6.08 Å². The Kier molecular flexibility index (Phi) is 8.51.